The first-order valence-electron chi connectivity index (χ1n) is 4.39. The van der Waals surface area contributed by atoms with E-state index in [0.29, 0.717) is 12.6 Å². The first kappa shape index (κ1) is 9.48. The normalized spacial score (nSPS) is 22.0. The molecule has 0 aromatic rings. The van der Waals surface area contributed by atoms with Crippen molar-refractivity contribution in [3.63, 3.8) is 0 Å². The van der Waals surface area contributed by atoms with Crippen LogP contribution in [0.4, 0.5) is 0 Å². The number of piperazine rings is 1. The summed E-state index contributed by atoms with van der Waals surface area (Å²) >= 11 is 0. The first-order valence-corrected chi connectivity index (χ1v) is 4.39. The fraction of sp³-hybridized carbons (Fsp3) is 0.875. The van der Waals surface area contributed by atoms with Crippen LogP contribution in [-0.4, -0.2) is 50.1 Å². The number of rotatable bonds is 3. The highest BCUT2D eigenvalue weighted by molar-refractivity contribution is 5.78. The van der Waals surface area contributed by atoms with Crippen molar-refractivity contribution in [2.24, 2.45) is 0 Å². The Balaban J connectivity index is 2.34. The summed E-state index contributed by atoms with van der Waals surface area (Å²) in [6.45, 7) is 5.37. The van der Waals surface area contributed by atoms with Gasteiger partial charge in [-0.1, -0.05) is 0 Å². The number of nitrogens with zero attached hydrogens (tertiary/aromatic N) is 1. The predicted octanol–water partition coefficient (Wildman–Crippen LogP) is -0.974. The highest BCUT2D eigenvalue weighted by Crippen LogP contribution is 1.99. The molecule has 1 unspecified atom stereocenters. The highest BCUT2D eigenvalue weighted by atomic mass is 16.2. The number of carbonyl (C=O) groups is 1. The molecule has 1 atom stereocenters. The molecule has 1 rings (SSSR count). The summed E-state index contributed by atoms with van der Waals surface area (Å²) in [5.74, 6) is 0.143. The Bertz CT molecular complexity index is 160. The van der Waals surface area contributed by atoms with Crippen molar-refractivity contribution in [3.8, 4) is 0 Å². The van der Waals surface area contributed by atoms with Gasteiger partial charge in [0.05, 0.1) is 6.54 Å². The number of likely N-dealkylation sites (N-methyl/N-ethyl adjacent to an activating group) is 1. The summed E-state index contributed by atoms with van der Waals surface area (Å²) in [5.41, 5.74) is 0. The molecule has 0 aromatic heterocycles. The molecule has 1 amide bonds. The summed E-state index contributed by atoms with van der Waals surface area (Å²) < 4.78 is 0. The lowest BCUT2D eigenvalue weighted by Crippen LogP contribution is -2.52. The van der Waals surface area contributed by atoms with Crippen molar-refractivity contribution in [1.29, 1.82) is 0 Å². The Hall–Kier alpha value is -0.610. The van der Waals surface area contributed by atoms with Gasteiger partial charge in [-0.25, -0.2) is 0 Å². The monoisotopic (exact) mass is 171 g/mol. The van der Waals surface area contributed by atoms with E-state index in [9.17, 15) is 4.79 Å². The summed E-state index contributed by atoms with van der Waals surface area (Å²) in [6, 6.07) is 0.445. The second-order valence-electron chi connectivity index (χ2n) is 3.23. The molecule has 0 bridgehead atoms. The van der Waals surface area contributed by atoms with Gasteiger partial charge in [0.25, 0.3) is 0 Å². The standard InChI is InChI=1S/C8H17N3O/c1-7(5-9-2)11-4-3-10-8(12)6-11/h7,9H,3-6H2,1-2H3,(H,10,12). The van der Waals surface area contributed by atoms with Crippen molar-refractivity contribution in [2.75, 3.05) is 33.2 Å². The van der Waals surface area contributed by atoms with E-state index in [2.05, 4.69) is 22.5 Å². The van der Waals surface area contributed by atoms with E-state index in [0.717, 1.165) is 19.6 Å². The molecule has 2 N–H and O–H groups in total. The van der Waals surface area contributed by atoms with Crippen molar-refractivity contribution >= 4 is 5.91 Å². The van der Waals surface area contributed by atoms with Gasteiger partial charge in [-0.15, -0.1) is 0 Å². The molecular formula is C8H17N3O. The minimum absolute atomic E-state index is 0.143. The van der Waals surface area contributed by atoms with Crippen LogP contribution >= 0.6 is 0 Å². The summed E-state index contributed by atoms with van der Waals surface area (Å²) in [7, 11) is 1.93. The van der Waals surface area contributed by atoms with E-state index < -0.39 is 0 Å². The summed E-state index contributed by atoms with van der Waals surface area (Å²) in [5, 5.41) is 5.91. The van der Waals surface area contributed by atoms with Gasteiger partial charge in [-0.2, -0.15) is 0 Å². The maximum Gasteiger partial charge on any atom is 0.234 e. The van der Waals surface area contributed by atoms with E-state index in [4.69, 9.17) is 0 Å². The number of hydrogen-bond donors (Lipinski definition) is 2. The van der Waals surface area contributed by atoms with E-state index in [1.807, 2.05) is 7.05 Å². The van der Waals surface area contributed by atoms with E-state index >= 15 is 0 Å². The van der Waals surface area contributed by atoms with Gasteiger partial charge in [0.1, 0.15) is 0 Å². The Morgan fingerprint density at radius 1 is 1.75 bits per heavy atom. The third-order valence-corrected chi connectivity index (χ3v) is 2.19. The smallest absolute Gasteiger partial charge is 0.234 e. The van der Waals surface area contributed by atoms with E-state index in [1.165, 1.54) is 0 Å². The Kier molecular flexibility index (Phi) is 3.49. The molecule has 12 heavy (non-hydrogen) atoms. The lowest BCUT2D eigenvalue weighted by molar-refractivity contribution is -0.124. The van der Waals surface area contributed by atoms with Gasteiger partial charge in [-0.05, 0) is 14.0 Å². The van der Waals surface area contributed by atoms with Gasteiger partial charge in [0.2, 0.25) is 5.91 Å². The van der Waals surface area contributed by atoms with Crippen molar-refractivity contribution in [3.05, 3.63) is 0 Å². The molecule has 0 aliphatic carbocycles. The highest BCUT2D eigenvalue weighted by Gasteiger charge is 2.19. The van der Waals surface area contributed by atoms with E-state index in [1.54, 1.807) is 0 Å². The van der Waals surface area contributed by atoms with E-state index in [-0.39, 0.29) is 5.91 Å². The predicted molar refractivity (Wildman–Crippen MR) is 48.0 cm³/mol. The maximum atomic E-state index is 11.0. The van der Waals surface area contributed by atoms with Crippen LogP contribution in [-0.2, 0) is 4.79 Å². The number of nitrogens with one attached hydrogen (secondary N) is 2. The van der Waals surface area contributed by atoms with Crippen LogP contribution in [0.2, 0.25) is 0 Å². The molecule has 0 spiro atoms. The number of hydrogen-bond acceptors (Lipinski definition) is 3. The third-order valence-electron chi connectivity index (χ3n) is 2.19. The van der Waals surface area contributed by atoms with Crippen molar-refractivity contribution in [2.45, 2.75) is 13.0 Å². The van der Waals surface area contributed by atoms with Gasteiger partial charge in [0.15, 0.2) is 0 Å². The Morgan fingerprint density at radius 2 is 2.50 bits per heavy atom. The molecular weight excluding hydrogens is 154 g/mol. The average molecular weight is 171 g/mol. The van der Waals surface area contributed by atoms with Gasteiger partial charge < -0.3 is 10.6 Å². The lowest BCUT2D eigenvalue weighted by atomic mass is 10.2. The second-order valence-corrected chi connectivity index (χ2v) is 3.23. The maximum absolute atomic E-state index is 11.0. The molecule has 1 fully saturated rings. The number of amides is 1. The number of carbonyl (C=O) groups excluding carboxylic acids is 1. The minimum Gasteiger partial charge on any atom is -0.354 e. The lowest BCUT2D eigenvalue weighted by Gasteiger charge is -2.31. The van der Waals surface area contributed by atoms with Crippen LogP contribution in [0, 0.1) is 0 Å². The van der Waals surface area contributed by atoms with Crippen LogP contribution in [0.3, 0.4) is 0 Å². The average Bonchev–Trinajstić information content (AvgIpc) is 2.05. The summed E-state index contributed by atoms with van der Waals surface area (Å²) in [4.78, 5) is 13.2. The Labute approximate surface area is 73.3 Å². The zero-order chi connectivity index (χ0) is 8.97. The molecule has 1 aliphatic heterocycles. The van der Waals surface area contributed by atoms with Crippen LogP contribution in [0.1, 0.15) is 6.92 Å². The fourth-order valence-electron chi connectivity index (χ4n) is 1.46. The SMILES string of the molecule is CNCC(C)N1CCNC(=O)C1. The topological polar surface area (TPSA) is 44.4 Å². The van der Waals surface area contributed by atoms with Gasteiger partial charge >= 0.3 is 0 Å². The minimum atomic E-state index is 0.143. The first-order chi connectivity index (χ1) is 5.74. The summed E-state index contributed by atoms with van der Waals surface area (Å²) in [6.07, 6.45) is 0. The zero-order valence-electron chi connectivity index (χ0n) is 7.76. The molecule has 4 nitrogen and oxygen atoms in total. The zero-order valence-corrected chi connectivity index (χ0v) is 7.76. The van der Waals surface area contributed by atoms with Crippen LogP contribution in [0.25, 0.3) is 0 Å². The van der Waals surface area contributed by atoms with Crippen LogP contribution < -0.4 is 10.6 Å². The molecule has 4 heteroatoms. The molecule has 0 saturated carbocycles. The molecule has 1 aliphatic rings. The fourth-order valence-corrected chi connectivity index (χ4v) is 1.46. The van der Waals surface area contributed by atoms with Crippen molar-refractivity contribution in [1.82, 2.24) is 15.5 Å². The Morgan fingerprint density at radius 3 is 3.08 bits per heavy atom. The van der Waals surface area contributed by atoms with Crippen molar-refractivity contribution < 1.29 is 4.79 Å². The van der Waals surface area contributed by atoms with Gasteiger partial charge in [0, 0.05) is 25.7 Å². The third kappa shape index (κ3) is 2.46. The van der Waals surface area contributed by atoms with Gasteiger partial charge in [-0.3, -0.25) is 9.69 Å². The molecule has 0 aromatic carbocycles. The molecule has 1 heterocycles. The van der Waals surface area contributed by atoms with Crippen LogP contribution in [0.5, 0.6) is 0 Å². The largest absolute Gasteiger partial charge is 0.354 e. The second kappa shape index (κ2) is 4.42. The molecule has 1 saturated heterocycles. The van der Waals surface area contributed by atoms with Crippen LogP contribution in [0.15, 0.2) is 0 Å². The quantitative estimate of drug-likeness (QED) is 0.574. The molecule has 0 radical (unpaired) electrons. The molecule has 70 valence electrons.